The molecule has 0 aromatic heterocycles. The zero-order valence-electron chi connectivity index (χ0n) is 26.8. The first-order valence-electron chi connectivity index (χ1n) is 14.5. The van der Waals surface area contributed by atoms with E-state index in [9.17, 15) is 28.7 Å². The third kappa shape index (κ3) is 8.03. The predicted octanol–water partition coefficient (Wildman–Crippen LogP) is 9.91. The molecule has 0 radical (unpaired) electrons. The Labute approximate surface area is 299 Å². The average molecular weight is 763 g/mol. The van der Waals surface area contributed by atoms with Crippen molar-refractivity contribution in [3.63, 3.8) is 0 Å². The number of amides is 4. The number of benzene rings is 3. The molecule has 4 amide bonds. The van der Waals surface area contributed by atoms with E-state index in [-0.39, 0.29) is 31.8 Å². The number of nitrogens with one attached hydrogen (secondary N) is 2. The molecule has 1 aliphatic carbocycles. The molecule has 3 aromatic rings. The molecule has 1 fully saturated rings. The van der Waals surface area contributed by atoms with Crippen molar-refractivity contribution >= 4 is 87.5 Å². The lowest BCUT2D eigenvalue weighted by atomic mass is 9.85. The van der Waals surface area contributed by atoms with E-state index in [4.69, 9.17) is 51.1 Å². The molecule has 2 atom stereocenters. The Balaban J connectivity index is 1.68. The average Bonchev–Trinajstić information content (AvgIpc) is 3.54. The molecule has 0 spiro atoms. The topological polar surface area (TPSA) is 125 Å². The van der Waals surface area contributed by atoms with Crippen molar-refractivity contribution in [1.29, 1.82) is 0 Å². The van der Waals surface area contributed by atoms with Gasteiger partial charge in [0.05, 0.1) is 27.2 Å². The summed E-state index contributed by atoms with van der Waals surface area (Å²) < 4.78 is 48.9. The molecular weight excluding hydrogens is 733 g/mol. The second-order valence-corrected chi connectivity index (χ2v) is 15.5. The van der Waals surface area contributed by atoms with Gasteiger partial charge in [-0.3, -0.25) is 9.59 Å². The van der Waals surface area contributed by atoms with Crippen LogP contribution in [0.1, 0.15) is 68.9 Å². The predicted molar refractivity (Wildman–Crippen MR) is 182 cm³/mol. The zero-order valence-corrected chi connectivity index (χ0v) is 29.8. The quantitative estimate of drug-likeness (QED) is 0.215. The minimum atomic E-state index is -2.04. The van der Waals surface area contributed by atoms with Gasteiger partial charge in [0, 0.05) is 11.6 Å². The first-order valence-corrected chi connectivity index (χ1v) is 16.0. The number of halogens is 7. The summed E-state index contributed by atoms with van der Waals surface area (Å²) in [6.45, 7) is 9.04. The number of ether oxygens (including phenoxy) is 1. The van der Waals surface area contributed by atoms with Crippen LogP contribution in [-0.4, -0.2) is 39.0 Å². The molecule has 262 valence electrons. The van der Waals surface area contributed by atoms with E-state index >= 15 is 8.78 Å². The Kier molecular flexibility index (Phi) is 10.5. The summed E-state index contributed by atoms with van der Waals surface area (Å²) in [5, 5.41) is 14.4. The van der Waals surface area contributed by atoms with Gasteiger partial charge in [-0.1, -0.05) is 50.0 Å². The third-order valence-corrected chi connectivity index (χ3v) is 8.91. The maximum absolute atomic E-state index is 16.2. The summed E-state index contributed by atoms with van der Waals surface area (Å²) >= 11 is 25.0. The standard InChI is InChI=1S/C33H30Cl4F3N3O6/c1-31(2,3)17-13-21(39)26(43(29(46)47)30(48)49-32(4,5)6)24(40)25(17)42-27(44)16-12-15(8-9-18(16)34)41-28(45)23-22(33(23,36)37)14-7-10-20(38)19(35)11-14/h7-13,22-23H,1-6H3,(H,41,45)(H,42,44)(H,46,47)/t22-,23+/m0/s1. The Hall–Kier alpha value is -3.71. The zero-order chi connectivity index (χ0) is 37.0. The van der Waals surface area contributed by atoms with Crippen LogP contribution in [0.4, 0.5) is 39.8 Å². The maximum atomic E-state index is 16.2. The lowest BCUT2D eigenvalue weighted by Gasteiger charge is -2.28. The van der Waals surface area contributed by atoms with Gasteiger partial charge in [-0.25, -0.2) is 22.8 Å². The molecular formula is C33H30Cl4F3N3O6. The van der Waals surface area contributed by atoms with Crippen molar-refractivity contribution in [3.05, 3.63) is 86.7 Å². The summed E-state index contributed by atoms with van der Waals surface area (Å²) in [5.74, 6) is -7.06. The molecule has 1 aliphatic rings. The number of hydrogen-bond donors (Lipinski definition) is 3. The highest BCUT2D eigenvalue weighted by Gasteiger charge is 2.67. The number of carboxylic acid groups (broad SMARTS) is 1. The Bertz CT molecular complexity index is 1880. The monoisotopic (exact) mass is 761 g/mol. The molecule has 1 saturated carbocycles. The fourth-order valence-electron chi connectivity index (χ4n) is 5.05. The van der Waals surface area contributed by atoms with E-state index in [1.54, 1.807) is 20.8 Å². The highest BCUT2D eigenvalue weighted by Crippen LogP contribution is 2.65. The molecule has 0 unspecified atom stereocenters. The number of rotatable bonds is 6. The number of carbonyl (C=O) groups excluding carboxylic acids is 3. The van der Waals surface area contributed by atoms with Crippen molar-refractivity contribution < 1.29 is 42.2 Å². The van der Waals surface area contributed by atoms with E-state index in [0.29, 0.717) is 5.56 Å². The van der Waals surface area contributed by atoms with E-state index < -0.39 is 80.0 Å². The summed E-state index contributed by atoms with van der Waals surface area (Å²) in [6.07, 6.45) is -3.62. The van der Waals surface area contributed by atoms with Crippen molar-refractivity contribution in [2.75, 3.05) is 15.5 Å². The van der Waals surface area contributed by atoms with Crippen LogP contribution in [0, 0.1) is 23.4 Å². The Morgan fingerprint density at radius 3 is 2.06 bits per heavy atom. The van der Waals surface area contributed by atoms with Crippen molar-refractivity contribution in [2.45, 2.75) is 62.8 Å². The molecule has 3 N–H and O–H groups in total. The van der Waals surface area contributed by atoms with Crippen LogP contribution >= 0.6 is 46.4 Å². The highest BCUT2D eigenvalue weighted by atomic mass is 35.5. The second kappa shape index (κ2) is 13.5. The van der Waals surface area contributed by atoms with Crippen LogP contribution in [0.5, 0.6) is 0 Å². The molecule has 0 heterocycles. The lowest BCUT2D eigenvalue weighted by Crippen LogP contribution is -2.41. The molecule has 0 bridgehead atoms. The van der Waals surface area contributed by atoms with Gasteiger partial charge in [0.1, 0.15) is 21.4 Å². The van der Waals surface area contributed by atoms with Gasteiger partial charge in [0.2, 0.25) is 5.91 Å². The Morgan fingerprint density at radius 1 is 0.878 bits per heavy atom. The van der Waals surface area contributed by atoms with Crippen LogP contribution in [0.25, 0.3) is 0 Å². The Morgan fingerprint density at radius 2 is 1.51 bits per heavy atom. The molecule has 16 heteroatoms. The minimum absolute atomic E-state index is 0.0600. The highest BCUT2D eigenvalue weighted by molar-refractivity contribution is 6.53. The molecule has 0 saturated heterocycles. The second-order valence-electron chi connectivity index (χ2n) is 13.2. The number of hydrogen-bond acceptors (Lipinski definition) is 5. The summed E-state index contributed by atoms with van der Waals surface area (Å²) in [7, 11) is 0. The molecule has 0 aliphatic heterocycles. The van der Waals surface area contributed by atoms with Crippen molar-refractivity contribution in [2.24, 2.45) is 5.92 Å². The molecule has 3 aromatic carbocycles. The summed E-state index contributed by atoms with van der Waals surface area (Å²) in [6, 6.07) is 8.46. The van der Waals surface area contributed by atoms with Crippen LogP contribution < -0.4 is 15.5 Å². The van der Waals surface area contributed by atoms with Crippen molar-refractivity contribution in [3.8, 4) is 0 Å². The lowest BCUT2D eigenvalue weighted by molar-refractivity contribution is -0.117. The molecule has 9 nitrogen and oxygen atoms in total. The number of anilines is 3. The number of imide groups is 1. The number of alkyl halides is 2. The minimum Gasteiger partial charge on any atom is -0.464 e. The van der Waals surface area contributed by atoms with Gasteiger partial charge in [0.15, 0.2) is 11.6 Å². The normalized spacial score (nSPS) is 16.8. The van der Waals surface area contributed by atoms with Gasteiger partial charge in [-0.2, -0.15) is 4.90 Å². The summed E-state index contributed by atoms with van der Waals surface area (Å²) in [4.78, 5) is 51.4. The van der Waals surface area contributed by atoms with Gasteiger partial charge in [-0.05, 0) is 73.7 Å². The van der Waals surface area contributed by atoms with Crippen molar-refractivity contribution in [1.82, 2.24) is 0 Å². The maximum Gasteiger partial charge on any atom is 0.424 e. The van der Waals surface area contributed by atoms with E-state index in [2.05, 4.69) is 10.6 Å². The first kappa shape index (κ1) is 38.1. The van der Waals surface area contributed by atoms with Gasteiger partial charge < -0.3 is 20.5 Å². The molecule has 4 rings (SSSR count). The third-order valence-electron chi connectivity index (χ3n) is 7.35. The van der Waals surface area contributed by atoms with E-state index in [0.717, 1.165) is 12.1 Å². The van der Waals surface area contributed by atoms with Crippen LogP contribution in [0.2, 0.25) is 10.0 Å². The van der Waals surface area contributed by atoms with E-state index in [1.165, 1.54) is 51.1 Å². The van der Waals surface area contributed by atoms with Crippen LogP contribution in [-0.2, 0) is 14.9 Å². The first-order chi connectivity index (χ1) is 22.5. The van der Waals surface area contributed by atoms with Gasteiger partial charge >= 0.3 is 12.2 Å². The summed E-state index contributed by atoms with van der Waals surface area (Å²) in [5.41, 5.74) is -4.05. The van der Waals surface area contributed by atoms with Crippen LogP contribution in [0.15, 0.2) is 42.5 Å². The van der Waals surface area contributed by atoms with Crippen LogP contribution in [0.3, 0.4) is 0 Å². The largest absolute Gasteiger partial charge is 0.464 e. The number of nitrogens with zero attached hydrogens (tertiary/aromatic N) is 1. The SMILES string of the molecule is CC(C)(C)OC(=O)N(C(=O)O)c1c(F)cc(C(C)(C)C)c(NC(=O)c2cc(NC(=O)[C@H]3[C@H](c4ccc(F)c(Cl)c4)C3(Cl)Cl)ccc2Cl)c1F. The molecule has 49 heavy (non-hydrogen) atoms. The van der Waals surface area contributed by atoms with E-state index in [1.807, 2.05) is 0 Å². The van der Waals surface area contributed by atoms with Gasteiger partial charge in [0.25, 0.3) is 5.91 Å². The number of carbonyl (C=O) groups is 4. The van der Waals surface area contributed by atoms with Gasteiger partial charge in [-0.15, -0.1) is 23.2 Å². The fraction of sp³-hybridized carbons (Fsp3) is 0.333. The fourth-order valence-corrected chi connectivity index (χ4v) is 6.27. The smallest absolute Gasteiger partial charge is 0.424 e.